The number of ether oxygens (including phenoxy) is 2. The Morgan fingerprint density at radius 2 is 2.24 bits per heavy atom. The fourth-order valence-electron chi connectivity index (χ4n) is 3.37. The fraction of sp³-hybridized carbons (Fsp3) is 0.562. The summed E-state index contributed by atoms with van der Waals surface area (Å²) in [6.45, 7) is 2.48. The van der Waals surface area contributed by atoms with E-state index in [0.717, 1.165) is 18.5 Å². The number of nitrogens with one attached hydrogen (secondary N) is 2. The molecule has 1 aromatic carbocycles. The smallest absolute Gasteiger partial charge is 0.229 e. The van der Waals surface area contributed by atoms with Crippen LogP contribution in [0.3, 0.4) is 0 Å². The second-order valence-corrected chi connectivity index (χ2v) is 5.68. The molecule has 0 spiro atoms. The van der Waals surface area contributed by atoms with Crippen LogP contribution in [0.5, 0.6) is 11.5 Å². The van der Waals surface area contributed by atoms with Crippen molar-refractivity contribution in [2.75, 3.05) is 19.0 Å². The summed E-state index contributed by atoms with van der Waals surface area (Å²) in [5.74, 6) is 1.52. The number of carbonyl (C=O) groups excluding carboxylic acids is 1. The molecule has 0 aromatic heterocycles. The zero-order chi connectivity index (χ0) is 14.8. The molecule has 2 aliphatic rings. The first kappa shape index (κ1) is 14.2. The van der Waals surface area contributed by atoms with Crippen LogP contribution in [0.2, 0.25) is 0 Å². The van der Waals surface area contributed by atoms with E-state index in [2.05, 4.69) is 10.6 Å². The Balaban J connectivity index is 1.69. The van der Waals surface area contributed by atoms with Crippen LogP contribution in [0.25, 0.3) is 0 Å². The molecule has 3 atom stereocenters. The lowest BCUT2D eigenvalue weighted by molar-refractivity contribution is -0.120. The molecule has 1 aromatic rings. The Bertz CT molecular complexity index is 532. The Kier molecular flexibility index (Phi) is 4.01. The number of methoxy groups -OCH3 is 1. The van der Waals surface area contributed by atoms with Gasteiger partial charge in [0.15, 0.2) is 11.5 Å². The molecule has 114 valence electrons. The third-order valence-corrected chi connectivity index (χ3v) is 4.37. The predicted octanol–water partition coefficient (Wildman–Crippen LogP) is 2.17. The summed E-state index contributed by atoms with van der Waals surface area (Å²) in [6.07, 6.45) is 3.26. The van der Waals surface area contributed by atoms with E-state index in [9.17, 15) is 4.79 Å². The van der Waals surface area contributed by atoms with Gasteiger partial charge in [0, 0.05) is 23.8 Å². The normalized spacial score (nSPS) is 26.7. The van der Waals surface area contributed by atoms with Gasteiger partial charge in [0.05, 0.1) is 19.6 Å². The number of hydrogen-bond donors (Lipinski definition) is 2. The molecule has 3 unspecified atom stereocenters. The van der Waals surface area contributed by atoms with Crippen molar-refractivity contribution in [2.24, 2.45) is 5.92 Å². The van der Waals surface area contributed by atoms with Crippen molar-refractivity contribution in [3.05, 3.63) is 18.2 Å². The third kappa shape index (κ3) is 2.83. The quantitative estimate of drug-likeness (QED) is 0.872. The van der Waals surface area contributed by atoms with E-state index in [1.165, 1.54) is 6.42 Å². The third-order valence-electron chi connectivity index (χ3n) is 4.37. The summed E-state index contributed by atoms with van der Waals surface area (Å²) in [5, 5.41) is 6.49. The van der Waals surface area contributed by atoms with E-state index in [1.807, 2.05) is 25.1 Å². The predicted molar refractivity (Wildman–Crippen MR) is 80.8 cm³/mol. The Morgan fingerprint density at radius 3 is 2.86 bits per heavy atom. The largest absolute Gasteiger partial charge is 0.493 e. The lowest BCUT2D eigenvalue weighted by atomic mass is 9.88. The zero-order valence-electron chi connectivity index (χ0n) is 12.5. The molecule has 5 heteroatoms. The second kappa shape index (κ2) is 5.93. The van der Waals surface area contributed by atoms with Gasteiger partial charge in [0.2, 0.25) is 5.91 Å². The lowest BCUT2D eigenvalue weighted by Crippen LogP contribution is -2.32. The average molecular weight is 290 g/mol. The van der Waals surface area contributed by atoms with Crippen molar-refractivity contribution in [2.45, 2.75) is 38.3 Å². The molecule has 2 saturated heterocycles. The van der Waals surface area contributed by atoms with Crippen LogP contribution in [0, 0.1) is 5.92 Å². The highest BCUT2D eigenvalue weighted by molar-refractivity contribution is 5.93. The lowest BCUT2D eigenvalue weighted by Gasteiger charge is -2.20. The Hall–Kier alpha value is -1.75. The highest BCUT2D eigenvalue weighted by atomic mass is 16.5. The number of rotatable bonds is 5. The maximum atomic E-state index is 12.4. The van der Waals surface area contributed by atoms with E-state index in [0.29, 0.717) is 30.2 Å². The van der Waals surface area contributed by atoms with Gasteiger partial charge in [0.1, 0.15) is 0 Å². The molecule has 0 radical (unpaired) electrons. The van der Waals surface area contributed by atoms with E-state index in [1.54, 1.807) is 7.11 Å². The number of fused-ring (bicyclic) bond motifs is 2. The molecule has 2 aliphatic heterocycles. The summed E-state index contributed by atoms with van der Waals surface area (Å²) in [4.78, 5) is 12.4. The molecule has 2 fully saturated rings. The van der Waals surface area contributed by atoms with Crippen molar-refractivity contribution in [1.82, 2.24) is 5.32 Å². The number of amides is 1. The van der Waals surface area contributed by atoms with Gasteiger partial charge in [-0.2, -0.15) is 0 Å². The summed E-state index contributed by atoms with van der Waals surface area (Å²) in [6, 6.07) is 6.36. The van der Waals surface area contributed by atoms with Crippen LogP contribution in [-0.2, 0) is 4.79 Å². The van der Waals surface area contributed by atoms with Crippen molar-refractivity contribution in [1.29, 1.82) is 0 Å². The fourth-order valence-corrected chi connectivity index (χ4v) is 3.37. The van der Waals surface area contributed by atoms with Crippen LogP contribution in [0.15, 0.2) is 18.2 Å². The van der Waals surface area contributed by atoms with Gasteiger partial charge in [-0.25, -0.2) is 0 Å². The van der Waals surface area contributed by atoms with E-state index < -0.39 is 0 Å². The highest BCUT2D eigenvalue weighted by Crippen LogP contribution is 2.35. The highest BCUT2D eigenvalue weighted by Gasteiger charge is 2.42. The first-order valence-corrected chi connectivity index (χ1v) is 7.59. The number of hydrogen-bond acceptors (Lipinski definition) is 4. The molecule has 1 amide bonds. The van der Waals surface area contributed by atoms with Crippen LogP contribution in [0.1, 0.15) is 26.2 Å². The molecule has 0 aliphatic carbocycles. The number of anilines is 1. The molecule has 2 bridgehead atoms. The van der Waals surface area contributed by atoms with E-state index >= 15 is 0 Å². The Morgan fingerprint density at radius 1 is 1.38 bits per heavy atom. The van der Waals surface area contributed by atoms with Gasteiger partial charge < -0.3 is 20.1 Å². The van der Waals surface area contributed by atoms with Crippen molar-refractivity contribution in [3.63, 3.8) is 0 Å². The van der Waals surface area contributed by atoms with Gasteiger partial charge in [-0.3, -0.25) is 4.79 Å². The maximum absolute atomic E-state index is 12.4. The molecular weight excluding hydrogens is 268 g/mol. The standard InChI is InChI=1S/C16H22N2O3/c1-3-21-15-9-11(5-7-14(15)20-2)18-16(19)12-8-10-4-6-13(12)17-10/h5,7,9-10,12-13,17H,3-4,6,8H2,1-2H3,(H,18,19). The molecule has 3 rings (SSSR count). The Labute approximate surface area is 125 Å². The monoisotopic (exact) mass is 290 g/mol. The first-order valence-electron chi connectivity index (χ1n) is 7.59. The van der Waals surface area contributed by atoms with Gasteiger partial charge in [-0.15, -0.1) is 0 Å². The molecule has 5 nitrogen and oxygen atoms in total. The van der Waals surface area contributed by atoms with Crippen LogP contribution in [0.4, 0.5) is 5.69 Å². The van der Waals surface area contributed by atoms with Gasteiger partial charge in [-0.05, 0) is 38.3 Å². The van der Waals surface area contributed by atoms with E-state index in [4.69, 9.17) is 9.47 Å². The summed E-state index contributed by atoms with van der Waals surface area (Å²) >= 11 is 0. The minimum Gasteiger partial charge on any atom is -0.493 e. The van der Waals surface area contributed by atoms with Gasteiger partial charge in [-0.1, -0.05) is 0 Å². The SMILES string of the molecule is CCOc1cc(NC(=O)C2CC3CCC2N3)ccc1OC. The molecular formula is C16H22N2O3. The van der Waals surface area contributed by atoms with Crippen molar-refractivity contribution >= 4 is 11.6 Å². The first-order chi connectivity index (χ1) is 10.2. The summed E-state index contributed by atoms with van der Waals surface area (Å²) in [5.41, 5.74) is 0.757. The minimum absolute atomic E-state index is 0.0846. The molecule has 2 N–H and O–H groups in total. The van der Waals surface area contributed by atoms with Crippen LogP contribution >= 0.6 is 0 Å². The van der Waals surface area contributed by atoms with Crippen molar-refractivity contribution in [3.8, 4) is 11.5 Å². The van der Waals surface area contributed by atoms with Crippen molar-refractivity contribution < 1.29 is 14.3 Å². The second-order valence-electron chi connectivity index (χ2n) is 5.68. The van der Waals surface area contributed by atoms with Crippen LogP contribution < -0.4 is 20.1 Å². The minimum atomic E-state index is 0.0846. The van der Waals surface area contributed by atoms with Gasteiger partial charge in [0.25, 0.3) is 0 Å². The topological polar surface area (TPSA) is 59.6 Å². The number of carbonyl (C=O) groups is 1. The van der Waals surface area contributed by atoms with Crippen LogP contribution in [-0.4, -0.2) is 31.7 Å². The maximum Gasteiger partial charge on any atom is 0.229 e. The molecule has 21 heavy (non-hydrogen) atoms. The summed E-state index contributed by atoms with van der Waals surface area (Å²) in [7, 11) is 1.61. The zero-order valence-corrected chi connectivity index (χ0v) is 12.5. The number of benzene rings is 1. The average Bonchev–Trinajstić information content (AvgIpc) is 3.10. The summed E-state index contributed by atoms with van der Waals surface area (Å²) < 4.78 is 10.8. The van der Waals surface area contributed by atoms with E-state index in [-0.39, 0.29) is 11.8 Å². The molecule has 0 saturated carbocycles. The molecule has 2 heterocycles. The van der Waals surface area contributed by atoms with Gasteiger partial charge >= 0.3 is 0 Å².